The van der Waals surface area contributed by atoms with Gasteiger partial charge in [0.2, 0.25) is 5.91 Å². The van der Waals surface area contributed by atoms with Crippen LogP contribution in [-0.2, 0) is 4.79 Å². The van der Waals surface area contributed by atoms with Gasteiger partial charge in [-0.2, -0.15) is 0 Å². The number of hydrogen-bond donors (Lipinski definition) is 2. The van der Waals surface area contributed by atoms with Gasteiger partial charge in [0.15, 0.2) is 0 Å². The Morgan fingerprint density at radius 1 is 1.44 bits per heavy atom. The zero-order chi connectivity index (χ0) is 13.0. The molecule has 98 valence electrons. The molecule has 1 aliphatic rings. The third kappa shape index (κ3) is 3.03. The zero-order valence-corrected chi connectivity index (χ0v) is 12.8. The van der Waals surface area contributed by atoms with E-state index in [9.17, 15) is 4.79 Å². The summed E-state index contributed by atoms with van der Waals surface area (Å²) in [6.07, 6.45) is 3.95. The van der Waals surface area contributed by atoms with Crippen LogP contribution in [0.3, 0.4) is 0 Å². The molecule has 1 aliphatic heterocycles. The normalized spacial score (nSPS) is 23.0. The van der Waals surface area contributed by atoms with Gasteiger partial charge in [-0.3, -0.25) is 4.79 Å². The summed E-state index contributed by atoms with van der Waals surface area (Å²) in [6.45, 7) is 3.07. The number of hydrogen-bond acceptors (Lipinski definition) is 2. The van der Waals surface area contributed by atoms with Crippen molar-refractivity contribution in [1.29, 1.82) is 0 Å². The molecule has 0 aliphatic carbocycles. The van der Waals surface area contributed by atoms with Crippen molar-refractivity contribution in [1.82, 2.24) is 5.32 Å². The lowest BCUT2D eigenvalue weighted by Gasteiger charge is -2.27. The highest BCUT2D eigenvalue weighted by atomic mass is 127. The highest BCUT2D eigenvalue weighted by molar-refractivity contribution is 14.1. The molecule has 0 radical (unpaired) electrons. The maximum atomic E-state index is 12.4. The van der Waals surface area contributed by atoms with Crippen LogP contribution in [0.4, 0.5) is 5.69 Å². The van der Waals surface area contributed by atoms with Gasteiger partial charge in [-0.1, -0.05) is 13.3 Å². The Labute approximate surface area is 122 Å². The van der Waals surface area contributed by atoms with E-state index in [4.69, 9.17) is 0 Å². The molecule has 1 aromatic rings. The number of benzene rings is 1. The van der Waals surface area contributed by atoms with Crippen LogP contribution in [0.25, 0.3) is 0 Å². The number of anilines is 1. The van der Waals surface area contributed by atoms with Crippen molar-refractivity contribution < 1.29 is 4.79 Å². The number of carbonyl (C=O) groups is 1. The number of amides is 1. The lowest BCUT2D eigenvalue weighted by atomic mass is 9.91. The minimum absolute atomic E-state index is 0.114. The standard InChI is InChI=1S/C14H19IN2O/c1-2-8-14(9-3-10-16-14)13(18)17-12-6-4-11(15)5-7-12/h4-7,16H,2-3,8-10H2,1H3,(H,17,18). The molecule has 1 heterocycles. The van der Waals surface area contributed by atoms with Crippen LogP contribution in [0.2, 0.25) is 0 Å². The summed E-state index contributed by atoms with van der Waals surface area (Å²) in [5.74, 6) is 0.114. The summed E-state index contributed by atoms with van der Waals surface area (Å²) >= 11 is 2.26. The van der Waals surface area contributed by atoms with Crippen LogP contribution in [0, 0.1) is 3.57 Å². The van der Waals surface area contributed by atoms with Gasteiger partial charge in [-0.25, -0.2) is 0 Å². The number of rotatable bonds is 4. The highest BCUT2D eigenvalue weighted by Crippen LogP contribution is 2.26. The SMILES string of the molecule is CCCC1(C(=O)Nc2ccc(I)cc2)CCCN1. The fraction of sp³-hybridized carbons (Fsp3) is 0.500. The Balaban J connectivity index is 2.07. The maximum absolute atomic E-state index is 12.4. The van der Waals surface area contributed by atoms with Crippen LogP contribution < -0.4 is 10.6 Å². The van der Waals surface area contributed by atoms with E-state index in [1.165, 1.54) is 3.57 Å². The molecular formula is C14H19IN2O. The lowest BCUT2D eigenvalue weighted by molar-refractivity contribution is -0.122. The average Bonchev–Trinajstić information content (AvgIpc) is 2.82. The lowest BCUT2D eigenvalue weighted by Crippen LogP contribution is -2.50. The van der Waals surface area contributed by atoms with Gasteiger partial charge < -0.3 is 10.6 Å². The number of carbonyl (C=O) groups excluding carboxylic acids is 1. The zero-order valence-electron chi connectivity index (χ0n) is 10.6. The second-order valence-electron chi connectivity index (χ2n) is 4.82. The first-order chi connectivity index (χ1) is 8.66. The smallest absolute Gasteiger partial charge is 0.244 e. The molecule has 1 aromatic carbocycles. The van der Waals surface area contributed by atoms with Crippen molar-refractivity contribution in [2.45, 2.75) is 38.1 Å². The fourth-order valence-electron chi connectivity index (χ4n) is 2.54. The van der Waals surface area contributed by atoms with Crippen LogP contribution in [0.15, 0.2) is 24.3 Å². The molecule has 1 atom stereocenters. The molecule has 1 unspecified atom stereocenters. The van der Waals surface area contributed by atoms with Gasteiger partial charge in [0.25, 0.3) is 0 Å². The first-order valence-corrected chi connectivity index (χ1v) is 7.56. The molecule has 0 saturated carbocycles. The monoisotopic (exact) mass is 358 g/mol. The summed E-state index contributed by atoms with van der Waals surface area (Å²) in [6, 6.07) is 7.91. The highest BCUT2D eigenvalue weighted by Gasteiger charge is 2.39. The van der Waals surface area contributed by atoms with E-state index >= 15 is 0 Å². The molecule has 0 bridgehead atoms. The van der Waals surface area contributed by atoms with E-state index in [0.29, 0.717) is 0 Å². The van der Waals surface area contributed by atoms with Crippen molar-refractivity contribution >= 4 is 34.2 Å². The Bertz CT molecular complexity index is 410. The third-order valence-corrected chi connectivity index (χ3v) is 4.18. The van der Waals surface area contributed by atoms with E-state index in [1.54, 1.807) is 0 Å². The Morgan fingerprint density at radius 3 is 2.72 bits per heavy atom. The van der Waals surface area contributed by atoms with Crippen LogP contribution in [-0.4, -0.2) is 18.0 Å². The van der Waals surface area contributed by atoms with Crippen molar-refractivity contribution in [2.75, 3.05) is 11.9 Å². The first-order valence-electron chi connectivity index (χ1n) is 6.48. The van der Waals surface area contributed by atoms with Crippen molar-refractivity contribution in [3.05, 3.63) is 27.8 Å². The maximum Gasteiger partial charge on any atom is 0.244 e. The molecule has 2 rings (SSSR count). The van der Waals surface area contributed by atoms with Gasteiger partial charge >= 0.3 is 0 Å². The number of nitrogens with one attached hydrogen (secondary N) is 2. The van der Waals surface area contributed by atoms with Gasteiger partial charge in [0.05, 0.1) is 5.54 Å². The van der Waals surface area contributed by atoms with E-state index < -0.39 is 0 Å². The molecule has 4 heteroatoms. The summed E-state index contributed by atoms with van der Waals surface area (Å²) in [7, 11) is 0. The average molecular weight is 358 g/mol. The minimum atomic E-state index is -0.349. The summed E-state index contributed by atoms with van der Waals surface area (Å²) < 4.78 is 1.17. The van der Waals surface area contributed by atoms with Gasteiger partial charge in [0.1, 0.15) is 0 Å². The molecule has 2 N–H and O–H groups in total. The van der Waals surface area contributed by atoms with Crippen molar-refractivity contribution in [2.24, 2.45) is 0 Å². The fourth-order valence-corrected chi connectivity index (χ4v) is 2.90. The Kier molecular flexibility index (Phi) is 4.61. The van der Waals surface area contributed by atoms with Crippen LogP contribution >= 0.6 is 22.6 Å². The minimum Gasteiger partial charge on any atom is -0.324 e. The molecule has 18 heavy (non-hydrogen) atoms. The molecule has 0 aromatic heterocycles. The van der Waals surface area contributed by atoms with Crippen molar-refractivity contribution in [3.63, 3.8) is 0 Å². The second kappa shape index (κ2) is 6.02. The Morgan fingerprint density at radius 2 is 2.17 bits per heavy atom. The van der Waals surface area contributed by atoms with E-state index in [0.717, 1.165) is 37.9 Å². The summed E-state index contributed by atoms with van der Waals surface area (Å²) in [4.78, 5) is 12.4. The van der Waals surface area contributed by atoms with E-state index in [1.807, 2.05) is 24.3 Å². The second-order valence-corrected chi connectivity index (χ2v) is 6.07. The summed E-state index contributed by atoms with van der Waals surface area (Å²) in [5.41, 5.74) is 0.530. The predicted octanol–water partition coefficient (Wildman–Crippen LogP) is 3.15. The quantitative estimate of drug-likeness (QED) is 0.812. The number of halogens is 1. The molecule has 3 nitrogen and oxygen atoms in total. The third-order valence-electron chi connectivity index (χ3n) is 3.46. The van der Waals surface area contributed by atoms with Crippen LogP contribution in [0.1, 0.15) is 32.6 Å². The first kappa shape index (κ1) is 13.8. The molecule has 1 saturated heterocycles. The van der Waals surface area contributed by atoms with Gasteiger partial charge in [-0.05, 0) is 72.7 Å². The van der Waals surface area contributed by atoms with Crippen LogP contribution in [0.5, 0.6) is 0 Å². The Hall–Kier alpha value is -0.620. The molecule has 1 fully saturated rings. The topological polar surface area (TPSA) is 41.1 Å². The van der Waals surface area contributed by atoms with Gasteiger partial charge in [-0.15, -0.1) is 0 Å². The van der Waals surface area contributed by atoms with Crippen molar-refractivity contribution in [3.8, 4) is 0 Å². The molecular weight excluding hydrogens is 339 g/mol. The van der Waals surface area contributed by atoms with E-state index in [2.05, 4.69) is 40.1 Å². The summed E-state index contributed by atoms with van der Waals surface area (Å²) in [5, 5.41) is 6.42. The molecule has 0 spiro atoms. The van der Waals surface area contributed by atoms with Gasteiger partial charge in [0, 0.05) is 9.26 Å². The molecule has 1 amide bonds. The predicted molar refractivity (Wildman–Crippen MR) is 82.7 cm³/mol. The van der Waals surface area contributed by atoms with E-state index in [-0.39, 0.29) is 11.4 Å². The largest absolute Gasteiger partial charge is 0.324 e.